The number of nitrogens with one attached hydrogen (secondary N) is 1. The summed E-state index contributed by atoms with van der Waals surface area (Å²) in [6.07, 6.45) is 7.05. The molecule has 0 radical (unpaired) electrons. The van der Waals surface area contributed by atoms with Gasteiger partial charge in [0.15, 0.2) is 4.80 Å². The lowest BCUT2D eigenvalue weighted by Gasteiger charge is -2.32. The van der Waals surface area contributed by atoms with Gasteiger partial charge in [0.25, 0.3) is 0 Å². The van der Waals surface area contributed by atoms with Crippen LogP contribution in [0.4, 0.5) is 4.79 Å². The highest BCUT2D eigenvalue weighted by atomic mass is 32.1. The second kappa shape index (κ2) is 5.85. The van der Waals surface area contributed by atoms with E-state index in [-0.39, 0.29) is 11.6 Å². The molecule has 0 aliphatic heterocycles. The smallest absolute Gasteiger partial charge is 0.344 e. The van der Waals surface area contributed by atoms with Crippen LogP contribution >= 0.6 is 11.3 Å². The third-order valence-corrected chi connectivity index (χ3v) is 6.99. The first kappa shape index (κ1) is 16.1. The van der Waals surface area contributed by atoms with E-state index < -0.39 is 0 Å². The maximum Gasteiger partial charge on any atom is 0.344 e. The predicted octanol–water partition coefficient (Wildman–Crippen LogP) is 2.92. The predicted molar refractivity (Wildman–Crippen MR) is 94.0 cm³/mol. The standard InChI is InChI=1S/C18H25N3O2S/c1-11-12(2)24-17(21(11)4-5-23-3)19-16(22)20-18-9-13-6-14(10-18)8-15(18)7-13/h7,13-14H,4-6,8-10H2,1-3H3,(H,20,22). The van der Waals surface area contributed by atoms with Crippen molar-refractivity contribution < 1.29 is 9.53 Å². The number of thiazole rings is 1. The van der Waals surface area contributed by atoms with Crippen LogP contribution in [0.5, 0.6) is 0 Å². The van der Waals surface area contributed by atoms with Crippen molar-refractivity contribution >= 4 is 17.4 Å². The van der Waals surface area contributed by atoms with Crippen molar-refractivity contribution in [2.45, 2.75) is 51.6 Å². The summed E-state index contributed by atoms with van der Waals surface area (Å²) < 4.78 is 7.27. The fraction of sp³-hybridized carbons (Fsp3) is 0.667. The van der Waals surface area contributed by atoms with Crippen LogP contribution in [0.15, 0.2) is 16.6 Å². The van der Waals surface area contributed by atoms with Crippen LogP contribution in [0.2, 0.25) is 0 Å². The monoisotopic (exact) mass is 347 g/mol. The molecule has 2 saturated carbocycles. The number of hydrogen-bond donors (Lipinski definition) is 1. The molecule has 1 aromatic rings. The minimum absolute atomic E-state index is 0.0904. The van der Waals surface area contributed by atoms with Crippen molar-refractivity contribution in [3.8, 4) is 0 Å². The number of nitrogens with zero attached hydrogens (tertiary/aromatic N) is 2. The van der Waals surface area contributed by atoms with Gasteiger partial charge in [0.05, 0.1) is 12.1 Å². The lowest BCUT2D eigenvalue weighted by atomic mass is 9.80. The Balaban J connectivity index is 1.57. The van der Waals surface area contributed by atoms with Crippen molar-refractivity contribution in [3.05, 3.63) is 27.0 Å². The van der Waals surface area contributed by atoms with Crippen LogP contribution in [-0.4, -0.2) is 29.9 Å². The maximum atomic E-state index is 12.6. The van der Waals surface area contributed by atoms with E-state index in [0.717, 1.165) is 35.8 Å². The average molecular weight is 347 g/mol. The van der Waals surface area contributed by atoms with Gasteiger partial charge in [-0.2, -0.15) is 4.99 Å². The summed E-state index contributed by atoms with van der Waals surface area (Å²) in [4.78, 5) is 19.0. The Bertz CT molecular complexity index is 776. The lowest BCUT2D eigenvalue weighted by Crippen LogP contribution is -2.47. The number of methoxy groups -OCH3 is 1. The van der Waals surface area contributed by atoms with E-state index in [1.54, 1.807) is 18.4 Å². The van der Waals surface area contributed by atoms with Crippen LogP contribution in [0.1, 0.15) is 36.3 Å². The quantitative estimate of drug-likeness (QED) is 0.852. The summed E-state index contributed by atoms with van der Waals surface area (Å²) in [7, 11) is 1.69. The molecule has 2 amide bonds. The first-order chi connectivity index (χ1) is 11.5. The largest absolute Gasteiger partial charge is 0.383 e. The molecule has 1 heterocycles. The fourth-order valence-electron chi connectivity index (χ4n) is 4.81. The minimum Gasteiger partial charge on any atom is -0.383 e. The summed E-state index contributed by atoms with van der Waals surface area (Å²) >= 11 is 1.58. The summed E-state index contributed by atoms with van der Waals surface area (Å²) in [6, 6.07) is -0.198. The molecular weight excluding hydrogens is 322 g/mol. The second-order valence-electron chi connectivity index (χ2n) is 7.46. The molecule has 6 heteroatoms. The molecule has 2 fully saturated rings. The number of amides is 2. The Morgan fingerprint density at radius 3 is 3.08 bits per heavy atom. The van der Waals surface area contributed by atoms with Gasteiger partial charge in [0.1, 0.15) is 0 Å². The third kappa shape index (κ3) is 2.56. The number of urea groups is 1. The van der Waals surface area contributed by atoms with Crippen molar-refractivity contribution in [2.75, 3.05) is 13.7 Å². The van der Waals surface area contributed by atoms with Gasteiger partial charge < -0.3 is 14.6 Å². The molecular formula is C18H25N3O2S. The SMILES string of the molecule is COCCn1c(C)c(C)sc1=NC(=O)NC12CC3C=C1CC(C3)C2. The molecule has 4 aliphatic carbocycles. The first-order valence-electron chi connectivity index (χ1n) is 8.74. The summed E-state index contributed by atoms with van der Waals surface area (Å²) in [5, 5.41) is 3.26. The van der Waals surface area contributed by atoms with Crippen LogP contribution < -0.4 is 10.1 Å². The van der Waals surface area contributed by atoms with E-state index in [0.29, 0.717) is 12.5 Å². The average Bonchev–Trinajstić information content (AvgIpc) is 3.01. The molecule has 0 spiro atoms. The Hall–Kier alpha value is -1.40. The molecule has 1 aromatic heterocycles. The highest BCUT2D eigenvalue weighted by Gasteiger charge is 2.53. The molecule has 5 rings (SSSR count). The second-order valence-corrected chi connectivity index (χ2v) is 8.64. The van der Waals surface area contributed by atoms with E-state index in [1.165, 1.54) is 23.3 Å². The zero-order valence-electron chi connectivity index (χ0n) is 14.6. The Kier molecular flexibility index (Phi) is 3.92. The highest BCUT2D eigenvalue weighted by Crippen LogP contribution is 2.56. The van der Waals surface area contributed by atoms with Crippen LogP contribution in [0.3, 0.4) is 0 Å². The molecule has 4 bridgehead atoms. The van der Waals surface area contributed by atoms with E-state index in [2.05, 4.69) is 34.8 Å². The number of ether oxygens (including phenoxy) is 1. The molecule has 3 atom stereocenters. The minimum atomic E-state index is -0.198. The van der Waals surface area contributed by atoms with Gasteiger partial charge in [0, 0.05) is 24.2 Å². The van der Waals surface area contributed by atoms with Gasteiger partial charge in [-0.05, 0) is 56.9 Å². The van der Waals surface area contributed by atoms with Gasteiger partial charge in [0.2, 0.25) is 0 Å². The number of aryl methyl sites for hydroxylation is 1. The van der Waals surface area contributed by atoms with Gasteiger partial charge in [-0.25, -0.2) is 4.79 Å². The molecule has 4 aliphatic rings. The van der Waals surface area contributed by atoms with Crippen molar-refractivity contribution in [1.29, 1.82) is 0 Å². The normalized spacial score (nSPS) is 31.0. The fourth-order valence-corrected chi connectivity index (χ4v) is 5.81. The zero-order chi connectivity index (χ0) is 16.9. The number of rotatable bonds is 4. The van der Waals surface area contributed by atoms with E-state index in [9.17, 15) is 4.79 Å². The van der Waals surface area contributed by atoms with E-state index in [4.69, 9.17) is 4.74 Å². The molecule has 130 valence electrons. The van der Waals surface area contributed by atoms with E-state index in [1.807, 2.05) is 0 Å². The van der Waals surface area contributed by atoms with Crippen molar-refractivity contribution in [2.24, 2.45) is 16.8 Å². The van der Waals surface area contributed by atoms with Gasteiger partial charge in [-0.1, -0.05) is 6.08 Å². The zero-order valence-corrected chi connectivity index (χ0v) is 15.4. The summed E-state index contributed by atoms with van der Waals surface area (Å²) in [6.45, 7) is 5.48. The summed E-state index contributed by atoms with van der Waals surface area (Å²) in [5.74, 6) is 1.44. The van der Waals surface area contributed by atoms with Crippen molar-refractivity contribution in [3.63, 3.8) is 0 Å². The summed E-state index contributed by atoms with van der Waals surface area (Å²) in [5.41, 5.74) is 2.52. The lowest BCUT2D eigenvalue weighted by molar-refractivity contribution is 0.185. The molecule has 5 nitrogen and oxygen atoms in total. The van der Waals surface area contributed by atoms with Crippen LogP contribution in [0.25, 0.3) is 0 Å². The highest BCUT2D eigenvalue weighted by molar-refractivity contribution is 7.09. The number of carbonyl (C=O) groups excluding carboxylic acids is 1. The van der Waals surface area contributed by atoms with E-state index >= 15 is 0 Å². The molecule has 3 unspecified atom stereocenters. The van der Waals surface area contributed by atoms with Crippen molar-refractivity contribution in [1.82, 2.24) is 9.88 Å². The molecule has 0 aromatic carbocycles. The topological polar surface area (TPSA) is 55.6 Å². The maximum absolute atomic E-state index is 12.6. The van der Waals surface area contributed by atoms with Gasteiger partial charge >= 0.3 is 6.03 Å². The molecule has 0 saturated heterocycles. The van der Waals surface area contributed by atoms with Crippen LogP contribution in [-0.2, 0) is 11.3 Å². The number of carbonyl (C=O) groups is 1. The van der Waals surface area contributed by atoms with Gasteiger partial charge in [-0.3, -0.25) is 0 Å². The molecule has 24 heavy (non-hydrogen) atoms. The molecule has 1 N–H and O–H groups in total. The number of hydrogen-bond acceptors (Lipinski definition) is 3. The number of aromatic nitrogens is 1. The van der Waals surface area contributed by atoms with Gasteiger partial charge in [-0.15, -0.1) is 11.3 Å². The Morgan fingerprint density at radius 2 is 2.33 bits per heavy atom. The first-order valence-corrected chi connectivity index (χ1v) is 9.56. The number of allylic oxidation sites excluding steroid dienone is 1. The third-order valence-electron chi connectivity index (χ3n) is 5.90. The Labute approximate surface area is 146 Å². The van der Waals surface area contributed by atoms with Crippen LogP contribution in [0, 0.1) is 25.7 Å². The Morgan fingerprint density at radius 1 is 1.50 bits per heavy atom.